The fraction of sp³-hybridized carbons (Fsp3) is 1.00. The Morgan fingerprint density at radius 1 is 0.889 bits per heavy atom. The van der Waals surface area contributed by atoms with Gasteiger partial charge >= 0.3 is 0 Å². The zero-order valence-electron chi connectivity index (χ0n) is 12.2. The molecule has 5 heteroatoms. The average molecular weight is 263 g/mol. The van der Waals surface area contributed by atoms with Gasteiger partial charge in [-0.05, 0) is 20.4 Å². The molecule has 0 aliphatic heterocycles. The van der Waals surface area contributed by atoms with E-state index in [0.29, 0.717) is 45.7 Å². The lowest BCUT2D eigenvalue weighted by Crippen LogP contribution is -2.37. The number of hydrogen-bond donors (Lipinski definition) is 1. The van der Waals surface area contributed by atoms with E-state index in [4.69, 9.17) is 18.9 Å². The molecule has 2 atom stereocenters. The van der Waals surface area contributed by atoms with Crippen molar-refractivity contribution in [1.29, 1.82) is 0 Å². The third-order valence-electron chi connectivity index (χ3n) is 2.64. The molecule has 0 aromatic heterocycles. The van der Waals surface area contributed by atoms with Crippen LogP contribution in [0.15, 0.2) is 0 Å². The minimum atomic E-state index is 0.200. The monoisotopic (exact) mass is 263 g/mol. The average Bonchev–Trinajstić information content (AvgIpc) is 2.36. The van der Waals surface area contributed by atoms with Crippen molar-refractivity contribution in [1.82, 2.24) is 5.32 Å². The quantitative estimate of drug-likeness (QED) is 0.504. The molecule has 0 spiro atoms. The zero-order chi connectivity index (χ0) is 13.6. The molecule has 0 aliphatic rings. The van der Waals surface area contributed by atoms with Gasteiger partial charge in [0.25, 0.3) is 0 Å². The Morgan fingerprint density at radius 2 is 1.44 bits per heavy atom. The summed E-state index contributed by atoms with van der Waals surface area (Å²) in [4.78, 5) is 0. The van der Waals surface area contributed by atoms with Crippen molar-refractivity contribution >= 4 is 0 Å². The third-order valence-corrected chi connectivity index (χ3v) is 2.64. The van der Waals surface area contributed by atoms with Crippen molar-refractivity contribution in [3.05, 3.63) is 0 Å². The highest BCUT2D eigenvalue weighted by atomic mass is 16.6. The van der Waals surface area contributed by atoms with Gasteiger partial charge in [0, 0.05) is 13.2 Å². The van der Waals surface area contributed by atoms with Crippen LogP contribution in [0.5, 0.6) is 0 Å². The van der Waals surface area contributed by atoms with E-state index in [2.05, 4.69) is 26.1 Å². The van der Waals surface area contributed by atoms with Gasteiger partial charge in [-0.2, -0.15) is 0 Å². The first-order chi connectivity index (χ1) is 8.72. The van der Waals surface area contributed by atoms with Gasteiger partial charge in [0.15, 0.2) is 0 Å². The normalized spacial score (nSPS) is 14.7. The topological polar surface area (TPSA) is 49.0 Å². The summed E-state index contributed by atoms with van der Waals surface area (Å²) in [5.74, 6) is 0. The van der Waals surface area contributed by atoms with Crippen LogP contribution in [0, 0.1) is 0 Å². The standard InChI is InChI=1S/C13H29NO4/c1-5-14-12(2)13(3)18-11-10-17-9-8-16-7-6-15-4/h12-14H,5-11H2,1-4H3. The van der Waals surface area contributed by atoms with Crippen LogP contribution < -0.4 is 5.32 Å². The van der Waals surface area contributed by atoms with Crippen molar-refractivity contribution < 1.29 is 18.9 Å². The highest BCUT2D eigenvalue weighted by Gasteiger charge is 2.10. The first-order valence-corrected chi connectivity index (χ1v) is 6.71. The van der Waals surface area contributed by atoms with Crippen molar-refractivity contribution in [2.24, 2.45) is 0 Å². The van der Waals surface area contributed by atoms with E-state index in [1.54, 1.807) is 7.11 Å². The summed E-state index contributed by atoms with van der Waals surface area (Å²) in [6.45, 7) is 10.9. The molecule has 0 radical (unpaired) electrons. The van der Waals surface area contributed by atoms with Crippen LogP contribution in [0.25, 0.3) is 0 Å². The van der Waals surface area contributed by atoms with E-state index in [1.165, 1.54) is 0 Å². The van der Waals surface area contributed by atoms with Gasteiger partial charge in [0.2, 0.25) is 0 Å². The van der Waals surface area contributed by atoms with Crippen molar-refractivity contribution in [3.63, 3.8) is 0 Å². The number of ether oxygens (including phenoxy) is 4. The van der Waals surface area contributed by atoms with Crippen LogP contribution in [0.3, 0.4) is 0 Å². The lowest BCUT2D eigenvalue weighted by Gasteiger charge is -2.21. The Balaban J connectivity index is 3.19. The van der Waals surface area contributed by atoms with E-state index in [9.17, 15) is 0 Å². The second-order valence-electron chi connectivity index (χ2n) is 4.14. The first-order valence-electron chi connectivity index (χ1n) is 6.71. The molecule has 110 valence electrons. The molecule has 0 bridgehead atoms. The number of likely N-dealkylation sites (N-methyl/N-ethyl adjacent to an activating group) is 1. The van der Waals surface area contributed by atoms with E-state index < -0.39 is 0 Å². The molecule has 0 fully saturated rings. The molecule has 0 amide bonds. The largest absolute Gasteiger partial charge is 0.382 e. The van der Waals surface area contributed by atoms with E-state index >= 15 is 0 Å². The van der Waals surface area contributed by atoms with Crippen molar-refractivity contribution in [2.45, 2.75) is 32.9 Å². The van der Waals surface area contributed by atoms with Crippen LogP contribution in [0.1, 0.15) is 20.8 Å². The van der Waals surface area contributed by atoms with Gasteiger partial charge in [-0.3, -0.25) is 0 Å². The predicted octanol–water partition coefficient (Wildman–Crippen LogP) is 1.07. The fourth-order valence-electron chi connectivity index (χ4n) is 1.39. The maximum absolute atomic E-state index is 5.65. The Bertz CT molecular complexity index is 169. The van der Waals surface area contributed by atoms with Crippen LogP contribution >= 0.6 is 0 Å². The number of nitrogens with one attached hydrogen (secondary N) is 1. The molecule has 5 nitrogen and oxygen atoms in total. The Kier molecular flexibility index (Phi) is 13.1. The van der Waals surface area contributed by atoms with Gasteiger partial charge in [-0.1, -0.05) is 6.92 Å². The lowest BCUT2D eigenvalue weighted by atomic mass is 10.2. The van der Waals surface area contributed by atoms with Gasteiger partial charge in [-0.15, -0.1) is 0 Å². The molecule has 0 aliphatic carbocycles. The molecule has 0 heterocycles. The maximum atomic E-state index is 5.65. The Labute approximate surface area is 111 Å². The molecule has 0 aromatic rings. The summed E-state index contributed by atoms with van der Waals surface area (Å²) in [7, 11) is 1.66. The van der Waals surface area contributed by atoms with Crippen LogP contribution in [0.2, 0.25) is 0 Å². The van der Waals surface area contributed by atoms with Crippen molar-refractivity contribution in [3.8, 4) is 0 Å². The summed E-state index contributed by atoms with van der Waals surface area (Å²) in [6, 6.07) is 0.368. The molecule has 0 rings (SSSR count). The Morgan fingerprint density at radius 3 is 2.00 bits per heavy atom. The summed E-state index contributed by atoms with van der Waals surface area (Å²) in [6.07, 6.45) is 0.200. The van der Waals surface area contributed by atoms with Gasteiger partial charge in [-0.25, -0.2) is 0 Å². The molecular weight excluding hydrogens is 234 g/mol. The number of hydrogen-bond acceptors (Lipinski definition) is 5. The summed E-state index contributed by atoms with van der Waals surface area (Å²) >= 11 is 0. The van der Waals surface area contributed by atoms with Crippen LogP contribution in [0.4, 0.5) is 0 Å². The second kappa shape index (κ2) is 13.2. The minimum absolute atomic E-state index is 0.200. The van der Waals surface area contributed by atoms with Crippen LogP contribution in [-0.4, -0.2) is 65.4 Å². The van der Waals surface area contributed by atoms with E-state index in [1.807, 2.05) is 0 Å². The fourth-order valence-corrected chi connectivity index (χ4v) is 1.39. The molecule has 0 saturated heterocycles. The van der Waals surface area contributed by atoms with Crippen molar-refractivity contribution in [2.75, 3.05) is 53.3 Å². The second-order valence-corrected chi connectivity index (χ2v) is 4.14. The molecule has 2 unspecified atom stereocenters. The first kappa shape index (κ1) is 17.8. The van der Waals surface area contributed by atoms with E-state index in [-0.39, 0.29) is 6.10 Å². The molecular formula is C13H29NO4. The third kappa shape index (κ3) is 10.9. The smallest absolute Gasteiger partial charge is 0.0704 e. The molecule has 18 heavy (non-hydrogen) atoms. The molecule has 0 saturated carbocycles. The number of methoxy groups -OCH3 is 1. The van der Waals surface area contributed by atoms with Gasteiger partial charge in [0.1, 0.15) is 0 Å². The highest BCUT2D eigenvalue weighted by Crippen LogP contribution is 1.97. The summed E-state index contributed by atoms with van der Waals surface area (Å²) in [5, 5.41) is 3.33. The highest BCUT2D eigenvalue weighted by molar-refractivity contribution is 4.66. The zero-order valence-corrected chi connectivity index (χ0v) is 12.2. The molecule has 1 N–H and O–H groups in total. The SMILES string of the molecule is CCNC(C)C(C)OCCOCCOCCOC. The summed E-state index contributed by atoms with van der Waals surface area (Å²) < 4.78 is 21.2. The maximum Gasteiger partial charge on any atom is 0.0704 e. The van der Waals surface area contributed by atoms with Gasteiger partial charge < -0.3 is 24.3 Å². The Hall–Kier alpha value is -0.200. The lowest BCUT2D eigenvalue weighted by molar-refractivity contribution is -0.0189. The van der Waals surface area contributed by atoms with Crippen LogP contribution in [-0.2, 0) is 18.9 Å². The number of rotatable bonds is 13. The minimum Gasteiger partial charge on any atom is -0.382 e. The summed E-state index contributed by atoms with van der Waals surface area (Å²) in [5.41, 5.74) is 0. The predicted molar refractivity (Wildman–Crippen MR) is 72.1 cm³/mol. The van der Waals surface area contributed by atoms with E-state index in [0.717, 1.165) is 6.54 Å². The molecule has 0 aromatic carbocycles. The van der Waals surface area contributed by atoms with Gasteiger partial charge in [0.05, 0.1) is 45.7 Å².